The summed E-state index contributed by atoms with van der Waals surface area (Å²) in [4.78, 5) is 30.0. The van der Waals surface area contributed by atoms with E-state index in [1.54, 1.807) is 29.2 Å². The summed E-state index contributed by atoms with van der Waals surface area (Å²) in [7, 11) is -3.83. The van der Waals surface area contributed by atoms with Crippen molar-refractivity contribution in [2.75, 3.05) is 56.3 Å². The smallest absolute Gasteiger partial charge is 0.241 e. The Bertz CT molecular complexity index is 830. The lowest BCUT2D eigenvalue weighted by Crippen LogP contribution is -2.52. The average Bonchev–Trinajstić information content (AvgIpc) is 2.70. The number of nitrogens with zero attached hydrogens (tertiary/aromatic N) is 3. The second kappa shape index (κ2) is 11.3. The zero-order chi connectivity index (χ0) is 23.0. The summed E-state index contributed by atoms with van der Waals surface area (Å²) in [6.07, 6.45) is 0.0241. The summed E-state index contributed by atoms with van der Waals surface area (Å²) in [5.74, 6) is -0.343. The number of hydrogen-bond acceptors (Lipinski definition) is 6. The van der Waals surface area contributed by atoms with Crippen molar-refractivity contribution in [1.82, 2.24) is 14.7 Å². The first-order chi connectivity index (χ1) is 14.6. The monoisotopic (exact) mass is 454 g/mol. The number of sulfonamides is 1. The van der Waals surface area contributed by atoms with Gasteiger partial charge in [0.15, 0.2) is 0 Å². The number of hydrogen-bond donors (Lipinski definition) is 1. The molecule has 0 bridgehead atoms. The van der Waals surface area contributed by atoms with Crippen molar-refractivity contribution in [3.8, 4) is 5.75 Å². The van der Waals surface area contributed by atoms with Gasteiger partial charge in [-0.3, -0.25) is 19.2 Å². The molecule has 1 saturated heterocycles. The Labute approximate surface area is 185 Å². The van der Waals surface area contributed by atoms with Gasteiger partial charge in [-0.2, -0.15) is 0 Å². The fourth-order valence-electron chi connectivity index (χ4n) is 3.37. The number of ether oxygens (including phenoxy) is 1. The van der Waals surface area contributed by atoms with Gasteiger partial charge in [0, 0.05) is 45.0 Å². The first-order valence-electron chi connectivity index (χ1n) is 10.7. The SMILES string of the molecule is CCN(CC)C(=O)CN1CCN(C(=O)CS(=O)(=O)Nc2ccc(OC(C)C)cc2)CC1. The minimum absolute atomic E-state index is 0.0241. The number of anilines is 1. The quantitative estimate of drug-likeness (QED) is 0.571. The zero-order valence-corrected chi connectivity index (χ0v) is 19.7. The van der Waals surface area contributed by atoms with Gasteiger partial charge in [0.05, 0.1) is 12.6 Å². The topological polar surface area (TPSA) is 99.3 Å². The molecule has 1 aliphatic heterocycles. The van der Waals surface area contributed by atoms with Crippen molar-refractivity contribution in [3.63, 3.8) is 0 Å². The van der Waals surface area contributed by atoms with E-state index in [-0.39, 0.29) is 12.0 Å². The fourth-order valence-corrected chi connectivity index (χ4v) is 4.44. The van der Waals surface area contributed by atoms with Gasteiger partial charge in [-0.15, -0.1) is 0 Å². The van der Waals surface area contributed by atoms with E-state index in [2.05, 4.69) is 4.72 Å². The highest BCUT2D eigenvalue weighted by Crippen LogP contribution is 2.18. The first kappa shape index (κ1) is 24.9. The molecule has 0 radical (unpaired) electrons. The maximum absolute atomic E-state index is 12.5. The van der Waals surface area contributed by atoms with E-state index in [1.807, 2.05) is 32.6 Å². The van der Waals surface area contributed by atoms with Crippen LogP contribution in [0.15, 0.2) is 24.3 Å². The molecule has 2 amide bonds. The molecule has 0 aliphatic carbocycles. The van der Waals surface area contributed by atoms with Crippen LogP contribution < -0.4 is 9.46 Å². The van der Waals surface area contributed by atoms with Crippen molar-refractivity contribution in [2.24, 2.45) is 0 Å². The van der Waals surface area contributed by atoms with Crippen molar-refractivity contribution in [1.29, 1.82) is 0 Å². The van der Waals surface area contributed by atoms with Crippen LogP contribution in [0.5, 0.6) is 5.75 Å². The van der Waals surface area contributed by atoms with Crippen LogP contribution in [-0.2, 0) is 19.6 Å². The molecule has 0 saturated carbocycles. The third-order valence-corrected chi connectivity index (χ3v) is 6.19. The number of piperazine rings is 1. The highest BCUT2D eigenvalue weighted by molar-refractivity contribution is 7.93. The summed E-state index contributed by atoms with van der Waals surface area (Å²) in [6, 6.07) is 6.56. The Hall–Kier alpha value is -2.33. The molecule has 9 nitrogen and oxygen atoms in total. The highest BCUT2D eigenvalue weighted by Gasteiger charge is 2.26. The number of carbonyl (C=O) groups is 2. The average molecular weight is 455 g/mol. The number of nitrogens with one attached hydrogen (secondary N) is 1. The molecule has 1 aliphatic rings. The van der Waals surface area contributed by atoms with Crippen LogP contribution in [0.4, 0.5) is 5.69 Å². The minimum atomic E-state index is -3.83. The maximum Gasteiger partial charge on any atom is 0.241 e. The molecule has 10 heteroatoms. The lowest BCUT2D eigenvalue weighted by molar-refractivity contribution is -0.133. The maximum atomic E-state index is 12.5. The summed E-state index contributed by atoms with van der Waals surface area (Å²) in [5, 5.41) is 0. The predicted octanol–water partition coefficient (Wildman–Crippen LogP) is 1.23. The standard InChI is InChI=1S/C21H34N4O5S/c1-5-24(6-2)20(26)15-23-11-13-25(14-12-23)21(27)16-31(28,29)22-18-7-9-19(10-8-18)30-17(3)4/h7-10,17,22H,5-6,11-16H2,1-4H3. The van der Waals surface area contributed by atoms with E-state index in [1.165, 1.54) is 4.90 Å². The van der Waals surface area contributed by atoms with Gasteiger partial charge in [-0.25, -0.2) is 8.42 Å². The number of amides is 2. The Morgan fingerprint density at radius 3 is 2.16 bits per heavy atom. The van der Waals surface area contributed by atoms with E-state index in [0.717, 1.165) is 0 Å². The van der Waals surface area contributed by atoms with E-state index < -0.39 is 21.7 Å². The Kier molecular flexibility index (Phi) is 9.12. The van der Waals surface area contributed by atoms with Crippen molar-refractivity contribution in [3.05, 3.63) is 24.3 Å². The molecule has 1 fully saturated rings. The lowest BCUT2D eigenvalue weighted by Gasteiger charge is -2.35. The summed E-state index contributed by atoms with van der Waals surface area (Å²) >= 11 is 0. The van der Waals surface area contributed by atoms with Gasteiger partial charge in [0.2, 0.25) is 21.8 Å². The van der Waals surface area contributed by atoms with Crippen LogP contribution in [0.1, 0.15) is 27.7 Å². The molecule has 0 unspecified atom stereocenters. The Morgan fingerprint density at radius 2 is 1.65 bits per heavy atom. The van der Waals surface area contributed by atoms with Gasteiger partial charge in [-0.05, 0) is 52.0 Å². The van der Waals surface area contributed by atoms with E-state index in [4.69, 9.17) is 4.74 Å². The Morgan fingerprint density at radius 1 is 1.06 bits per heavy atom. The van der Waals surface area contributed by atoms with E-state index in [0.29, 0.717) is 57.3 Å². The number of likely N-dealkylation sites (N-methyl/N-ethyl adjacent to an activating group) is 1. The molecule has 0 atom stereocenters. The molecule has 174 valence electrons. The van der Waals surface area contributed by atoms with Crippen molar-refractivity contribution >= 4 is 27.5 Å². The third-order valence-electron chi connectivity index (χ3n) is 5.01. The normalized spacial score (nSPS) is 15.1. The highest BCUT2D eigenvalue weighted by atomic mass is 32.2. The zero-order valence-electron chi connectivity index (χ0n) is 18.8. The minimum Gasteiger partial charge on any atom is -0.491 e. The molecular weight excluding hydrogens is 420 g/mol. The van der Waals surface area contributed by atoms with E-state index >= 15 is 0 Å². The number of benzene rings is 1. The number of rotatable bonds is 10. The second-order valence-corrected chi connectivity index (χ2v) is 9.50. The molecule has 31 heavy (non-hydrogen) atoms. The molecule has 2 rings (SSSR count). The molecule has 1 N–H and O–H groups in total. The first-order valence-corrected chi connectivity index (χ1v) is 12.3. The molecule has 1 aromatic rings. The van der Waals surface area contributed by atoms with Gasteiger partial charge < -0.3 is 14.5 Å². The van der Waals surface area contributed by atoms with Crippen LogP contribution in [-0.4, -0.2) is 92.6 Å². The van der Waals surface area contributed by atoms with Gasteiger partial charge >= 0.3 is 0 Å². The summed E-state index contributed by atoms with van der Waals surface area (Å²) in [6.45, 7) is 11.3. The number of carbonyl (C=O) groups excluding carboxylic acids is 2. The van der Waals surface area contributed by atoms with E-state index in [9.17, 15) is 18.0 Å². The third kappa shape index (κ3) is 8.02. The van der Waals surface area contributed by atoms with Crippen LogP contribution in [0, 0.1) is 0 Å². The second-order valence-electron chi connectivity index (χ2n) is 7.78. The predicted molar refractivity (Wildman–Crippen MR) is 121 cm³/mol. The van der Waals surface area contributed by atoms with Crippen molar-refractivity contribution in [2.45, 2.75) is 33.8 Å². The van der Waals surface area contributed by atoms with Gasteiger partial charge in [0.1, 0.15) is 11.5 Å². The van der Waals surface area contributed by atoms with Crippen molar-refractivity contribution < 1.29 is 22.7 Å². The Balaban J connectivity index is 1.83. The summed E-state index contributed by atoms with van der Waals surface area (Å²) in [5.41, 5.74) is 0.378. The molecule has 0 spiro atoms. The lowest BCUT2D eigenvalue weighted by atomic mass is 10.3. The van der Waals surface area contributed by atoms with Gasteiger partial charge in [0.25, 0.3) is 0 Å². The van der Waals surface area contributed by atoms with Crippen LogP contribution in [0.3, 0.4) is 0 Å². The molecular formula is C21H34N4O5S. The molecule has 1 heterocycles. The molecule has 0 aromatic heterocycles. The fraction of sp³-hybridized carbons (Fsp3) is 0.619. The van der Waals surface area contributed by atoms with Gasteiger partial charge in [-0.1, -0.05) is 0 Å². The van der Waals surface area contributed by atoms with Crippen LogP contribution >= 0.6 is 0 Å². The largest absolute Gasteiger partial charge is 0.491 e. The summed E-state index contributed by atoms with van der Waals surface area (Å²) < 4.78 is 32.8. The van der Waals surface area contributed by atoms with Crippen LogP contribution in [0.25, 0.3) is 0 Å². The molecule has 1 aromatic carbocycles. The van der Waals surface area contributed by atoms with Crippen LogP contribution in [0.2, 0.25) is 0 Å².